The highest BCUT2D eigenvalue weighted by atomic mass is 35.5. The minimum atomic E-state index is -0.261. The van der Waals surface area contributed by atoms with Crippen molar-refractivity contribution in [3.8, 4) is 17.4 Å². The fourth-order valence-corrected chi connectivity index (χ4v) is 2.09. The average Bonchev–Trinajstić information content (AvgIpc) is 2.59. The summed E-state index contributed by atoms with van der Waals surface area (Å²) in [5.74, 6) is 0.400. The van der Waals surface area contributed by atoms with Crippen molar-refractivity contribution in [1.82, 2.24) is 9.78 Å². The summed E-state index contributed by atoms with van der Waals surface area (Å²) in [6.45, 7) is 5.12. The Morgan fingerprint density at radius 3 is 2.55 bits per heavy atom. The van der Waals surface area contributed by atoms with Gasteiger partial charge in [-0.15, -0.1) is 0 Å². The number of rotatable bonds is 3. The number of benzene rings is 1. The first-order chi connectivity index (χ1) is 9.31. The minimum Gasteiger partial charge on any atom is -0.507 e. The molecule has 1 N–H and O–H groups in total. The monoisotopic (exact) mass is 294 g/mol. The summed E-state index contributed by atoms with van der Waals surface area (Å²) >= 11 is 6.09. The van der Waals surface area contributed by atoms with E-state index in [2.05, 4.69) is 5.10 Å². The van der Waals surface area contributed by atoms with Gasteiger partial charge in [0.1, 0.15) is 5.75 Å². The van der Waals surface area contributed by atoms with Gasteiger partial charge in [0.05, 0.1) is 16.3 Å². The van der Waals surface area contributed by atoms with Gasteiger partial charge in [0.15, 0.2) is 11.5 Å². The molecule has 0 aliphatic heterocycles. The third-order valence-corrected chi connectivity index (χ3v) is 3.39. The molecule has 2 rings (SSSR count). The van der Waals surface area contributed by atoms with Gasteiger partial charge in [0, 0.05) is 18.7 Å². The van der Waals surface area contributed by atoms with Crippen LogP contribution in [-0.2, 0) is 7.05 Å². The van der Waals surface area contributed by atoms with Crippen molar-refractivity contribution in [2.75, 3.05) is 0 Å². The number of aromatic hydroxyl groups is 1. The van der Waals surface area contributed by atoms with Crippen LogP contribution in [-0.4, -0.2) is 20.7 Å². The Balaban J connectivity index is 2.44. The number of Topliss-reactive ketones (excluding diaryl/α,β-unsaturated/α-hetero) is 1. The topological polar surface area (TPSA) is 64.3 Å². The molecular weight excluding hydrogens is 280 g/mol. The fourth-order valence-electron chi connectivity index (χ4n) is 1.89. The highest BCUT2D eigenvalue weighted by molar-refractivity contribution is 6.32. The van der Waals surface area contributed by atoms with Gasteiger partial charge in [-0.3, -0.25) is 4.79 Å². The fraction of sp³-hybridized carbons (Fsp3) is 0.286. The summed E-state index contributed by atoms with van der Waals surface area (Å²) in [4.78, 5) is 11.3. The number of phenols is 1. The molecule has 0 spiro atoms. The normalized spacial score (nSPS) is 10.7. The second kappa shape index (κ2) is 5.17. The number of aryl methyl sites for hydroxylation is 2. The second-order valence-corrected chi connectivity index (χ2v) is 5.00. The number of ketones is 1. The summed E-state index contributed by atoms with van der Waals surface area (Å²) < 4.78 is 7.30. The molecule has 5 nitrogen and oxygen atoms in total. The maximum absolute atomic E-state index is 11.3. The number of carbonyl (C=O) groups excluding carboxylic acids is 1. The van der Waals surface area contributed by atoms with E-state index in [1.807, 2.05) is 13.8 Å². The Hall–Kier alpha value is -2.01. The van der Waals surface area contributed by atoms with E-state index in [-0.39, 0.29) is 27.9 Å². The van der Waals surface area contributed by atoms with Crippen LogP contribution in [0, 0.1) is 13.8 Å². The Morgan fingerprint density at radius 1 is 1.40 bits per heavy atom. The molecule has 20 heavy (non-hydrogen) atoms. The lowest BCUT2D eigenvalue weighted by atomic mass is 10.1. The van der Waals surface area contributed by atoms with E-state index in [0.29, 0.717) is 5.88 Å². The van der Waals surface area contributed by atoms with Gasteiger partial charge in [-0.05, 0) is 26.8 Å². The van der Waals surface area contributed by atoms with Crippen LogP contribution in [0.2, 0.25) is 5.02 Å². The van der Waals surface area contributed by atoms with Crippen molar-refractivity contribution < 1.29 is 14.6 Å². The molecule has 0 radical (unpaired) electrons. The molecule has 1 heterocycles. The standard InChI is InChI=1S/C14H15ClN2O3/c1-7-8(2)16-17(4)14(7)20-13-6-12(19)10(9(3)18)5-11(13)15/h5-6,19H,1-4H3. The Morgan fingerprint density at radius 2 is 2.05 bits per heavy atom. The number of halogens is 1. The molecule has 0 aliphatic rings. The van der Waals surface area contributed by atoms with Crippen LogP contribution in [0.15, 0.2) is 12.1 Å². The van der Waals surface area contributed by atoms with Crippen molar-refractivity contribution >= 4 is 17.4 Å². The Bertz CT molecular complexity index is 692. The molecule has 6 heteroatoms. The minimum absolute atomic E-state index is 0.159. The van der Waals surface area contributed by atoms with E-state index < -0.39 is 0 Å². The predicted octanol–water partition coefficient (Wildman–Crippen LogP) is 3.39. The third kappa shape index (κ3) is 2.49. The predicted molar refractivity (Wildman–Crippen MR) is 75.9 cm³/mol. The van der Waals surface area contributed by atoms with Crippen LogP contribution < -0.4 is 4.74 Å². The van der Waals surface area contributed by atoms with Crippen molar-refractivity contribution in [3.63, 3.8) is 0 Å². The molecule has 1 aromatic carbocycles. The van der Waals surface area contributed by atoms with Crippen molar-refractivity contribution in [1.29, 1.82) is 0 Å². The lowest BCUT2D eigenvalue weighted by Gasteiger charge is -2.10. The van der Waals surface area contributed by atoms with Gasteiger partial charge in [-0.1, -0.05) is 11.6 Å². The van der Waals surface area contributed by atoms with Crippen LogP contribution in [0.5, 0.6) is 17.4 Å². The van der Waals surface area contributed by atoms with Crippen LogP contribution in [0.1, 0.15) is 28.5 Å². The third-order valence-electron chi connectivity index (χ3n) is 3.09. The summed E-state index contributed by atoms with van der Waals surface area (Å²) in [7, 11) is 1.76. The van der Waals surface area contributed by atoms with E-state index >= 15 is 0 Å². The number of carbonyl (C=O) groups is 1. The van der Waals surface area contributed by atoms with Crippen LogP contribution in [0.25, 0.3) is 0 Å². The average molecular weight is 295 g/mol. The highest BCUT2D eigenvalue weighted by Gasteiger charge is 2.16. The molecule has 0 unspecified atom stereocenters. The van der Waals surface area contributed by atoms with Gasteiger partial charge in [-0.25, -0.2) is 4.68 Å². The van der Waals surface area contributed by atoms with Gasteiger partial charge >= 0.3 is 0 Å². The number of hydrogen-bond donors (Lipinski definition) is 1. The largest absolute Gasteiger partial charge is 0.507 e. The Kier molecular flexibility index (Phi) is 3.72. The first-order valence-electron chi connectivity index (χ1n) is 6.02. The number of phenolic OH excluding ortho intramolecular Hbond substituents is 1. The molecule has 0 aliphatic carbocycles. The lowest BCUT2D eigenvalue weighted by molar-refractivity contribution is 0.101. The maximum atomic E-state index is 11.3. The summed E-state index contributed by atoms with van der Waals surface area (Å²) in [5, 5.41) is 14.3. The SMILES string of the molecule is CC(=O)c1cc(Cl)c(Oc2c(C)c(C)nn2C)cc1O. The molecule has 0 atom stereocenters. The lowest BCUT2D eigenvalue weighted by Crippen LogP contribution is -1.98. The molecule has 0 saturated carbocycles. The zero-order valence-electron chi connectivity index (χ0n) is 11.7. The second-order valence-electron chi connectivity index (χ2n) is 4.60. The zero-order chi connectivity index (χ0) is 15.0. The van der Waals surface area contributed by atoms with Crippen molar-refractivity contribution in [3.05, 3.63) is 34.0 Å². The highest BCUT2D eigenvalue weighted by Crippen LogP contribution is 2.36. The number of aromatic nitrogens is 2. The first kappa shape index (κ1) is 14.4. The summed E-state index contributed by atoms with van der Waals surface area (Å²) in [6.07, 6.45) is 0. The summed E-state index contributed by atoms with van der Waals surface area (Å²) in [5.41, 5.74) is 1.90. The molecule has 0 bridgehead atoms. The van der Waals surface area contributed by atoms with E-state index in [0.717, 1.165) is 11.3 Å². The van der Waals surface area contributed by atoms with Gasteiger partial charge in [0.25, 0.3) is 0 Å². The molecule has 0 saturated heterocycles. The van der Waals surface area contributed by atoms with Gasteiger partial charge in [-0.2, -0.15) is 5.10 Å². The van der Waals surface area contributed by atoms with E-state index in [4.69, 9.17) is 16.3 Å². The Labute approximate surface area is 121 Å². The van der Waals surface area contributed by atoms with Crippen LogP contribution in [0.3, 0.4) is 0 Å². The number of hydrogen-bond acceptors (Lipinski definition) is 4. The van der Waals surface area contributed by atoms with Crippen LogP contribution in [0.4, 0.5) is 0 Å². The van der Waals surface area contributed by atoms with Crippen molar-refractivity contribution in [2.45, 2.75) is 20.8 Å². The zero-order valence-corrected chi connectivity index (χ0v) is 12.4. The maximum Gasteiger partial charge on any atom is 0.220 e. The summed E-state index contributed by atoms with van der Waals surface area (Å²) in [6, 6.07) is 2.73. The van der Waals surface area contributed by atoms with Crippen LogP contribution >= 0.6 is 11.6 Å². The molecule has 1 aromatic heterocycles. The molecular formula is C14H15ClN2O3. The molecule has 0 amide bonds. The van der Waals surface area contributed by atoms with Gasteiger partial charge in [0.2, 0.25) is 5.88 Å². The smallest absolute Gasteiger partial charge is 0.220 e. The molecule has 106 valence electrons. The van der Waals surface area contributed by atoms with E-state index in [1.165, 1.54) is 19.1 Å². The molecule has 0 fully saturated rings. The van der Waals surface area contributed by atoms with Gasteiger partial charge < -0.3 is 9.84 Å². The van der Waals surface area contributed by atoms with E-state index in [9.17, 15) is 9.90 Å². The van der Waals surface area contributed by atoms with E-state index in [1.54, 1.807) is 11.7 Å². The number of nitrogens with zero attached hydrogens (tertiary/aromatic N) is 2. The number of ether oxygens (including phenoxy) is 1. The quantitative estimate of drug-likeness (QED) is 0.881. The first-order valence-corrected chi connectivity index (χ1v) is 6.40. The molecule has 2 aromatic rings. The van der Waals surface area contributed by atoms with Crippen molar-refractivity contribution in [2.24, 2.45) is 7.05 Å².